The number of alkyl halides is 1. The standard InChI is InChI=1S/C26H40ClN3O12/c1-5-7-9-35-23-20(41-18(33)12-27)15(11-17(32)34-4)39-26(24(23)36-10-8-6-2)42-21-16-13-37-25(40-16)19(29-30-28)22(21)38-14(3)31/h15-16,19-26H,5-13H2,1-4H3/t15?,16-,19+,20-,21-,22?,23+,24?,25?,26+/m1/s1. The van der Waals surface area contributed by atoms with E-state index < -0.39 is 85.1 Å². The normalized spacial score (nSPS) is 33.8. The van der Waals surface area contributed by atoms with Gasteiger partial charge in [0.1, 0.15) is 48.5 Å². The van der Waals surface area contributed by atoms with Gasteiger partial charge < -0.3 is 42.6 Å². The Kier molecular flexibility index (Phi) is 14.0. The van der Waals surface area contributed by atoms with Gasteiger partial charge in [0.05, 0.1) is 20.1 Å². The van der Waals surface area contributed by atoms with Gasteiger partial charge in [-0.2, -0.15) is 0 Å². The lowest BCUT2D eigenvalue weighted by Crippen LogP contribution is -2.64. The Hall–Kier alpha value is -2.23. The van der Waals surface area contributed by atoms with E-state index in [0.717, 1.165) is 12.8 Å². The SMILES string of the molecule is CCCCOC1[C@H](O[C@H]2C(OC(C)=O)[C@H](N=[N+]=[N-])C3OC[C@H]2O3)OC(CC(=O)OC)[C@@H](OC(=O)CCl)[C@@H]1OCCCC. The van der Waals surface area contributed by atoms with Crippen LogP contribution in [0.2, 0.25) is 0 Å². The maximum Gasteiger partial charge on any atom is 0.321 e. The first-order valence-corrected chi connectivity index (χ1v) is 14.7. The molecule has 238 valence electrons. The fourth-order valence-electron chi connectivity index (χ4n) is 5.00. The molecule has 15 nitrogen and oxygen atoms in total. The highest BCUT2D eigenvalue weighted by atomic mass is 35.5. The van der Waals surface area contributed by atoms with Gasteiger partial charge in [-0.15, -0.1) is 11.6 Å². The number of esters is 3. The van der Waals surface area contributed by atoms with Crippen LogP contribution in [0, 0.1) is 0 Å². The topological polar surface area (TPSA) is 183 Å². The van der Waals surface area contributed by atoms with Crippen molar-refractivity contribution in [1.29, 1.82) is 0 Å². The molecule has 0 radical (unpaired) electrons. The molecule has 0 spiro atoms. The fraction of sp³-hybridized carbons (Fsp3) is 0.885. The molecule has 10 atom stereocenters. The van der Waals surface area contributed by atoms with Crippen molar-refractivity contribution in [2.75, 3.05) is 32.8 Å². The van der Waals surface area contributed by atoms with Crippen LogP contribution in [0.25, 0.3) is 10.4 Å². The Morgan fingerprint density at radius 1 is 0.952 bits per heavy atom. The van der Waals surface area contributed by atoms with E-state index >= 15 is 0 Å². The molecule has 2 bridgehead atoms. The fourth-order valence-corrected chi connectivity index (χ4v) is 5.06. The monoisotopic (exact) mass is 621 g/mol. The van der Waals surface area contributed by atoms with Crippen LogP contribution >= 0.6 is 11.6 Å². The lowest BCUT2D eigenvalue weighted by Gasteiger charge is -2.47. The number of methoxy groups -OCH3 is 1. The number of nitrogens with zero attached hydrogens (tertiary/aromatic N) is 3. The molecule has 16 heteroatoms. The van der Waals surface area contributed by atoms with E-state index in [4.69, 9.17) is 54.2 Å². The minimum absolute atomic E-state index is 0.0661. The highest BCUT2D eigenvalue weighted by Crippen LogP contribution is 2.38. The Morgan fingerprint density at radius 2 is 1.64 bits per heavy atom. The van der Waals surface area contributed by atoms with Gasteiger partial charge in [0.2, 0.25) is 0 Å². The Labute approximate surface area is 249 Å². The van der Waals surface area contributed by atoms with Crippen LogP contribution < -0.4 is 0 Å². The second kappa shape index (κ2) is 17.2. The number of hydrogen-bond donors (Lipinski definition) is 0. The van der Waals surface area contributed by atoms with E-state index in [9.17, 15) is 19.9 Å². The summed E-state index contributed by atoms with van der Waals surface area (Å²) in [6.07, 6.45) is -6.33. The zero-order valence-corrected chi connectivity index (χ0v) is 25.0. The van der Waals surface area contributed by atoms with E-state index in [1.165, 1.54) is 14.0 Å². The largest absolute Gasteiger partial charge is 0.469 e. The third-order valence-corrected chi connectivity index (χ3v) is 7.22. The summed E-state index contributed by atoms with van der Waals surface area (Å²) in [6.45, 7) is 5.86. The third kappa shape index (κ3) is 8.89. The molecule has 0 aromatic heterocycles. The summed E-state index contributed by atoms with van der Waals surface area (Å²) in [7, 11) is 1.22. The number of unbranched alkanes of at least 4 members (excludes halogenated alkanes) is 2. The van der Waals surface area contributed by atoms with Gasteiger partial charge >= 0.3 is 17.9 Å². The summed E-state index contributed by atoms with van der Waals surface area (Å²) in [4.78, 5) is 39.7. The average Bonchev–Trinajstić information content (AvgIpc) is 3.41. The highest BCUT2D eigenvalue weighted by Gasteiger charge is 2.57. The number of ether oxygens (including phenoxy) is 9. The molecule has 0 saturated carbocycles. The summed E-state index contributed by atoms with van der Waals surface area (Å²) in [5.41, 5.74) is 9.18. The maximum atomic E-state index is 12.4. The van der Waals surface area contributed by atoms with E-state index in [1.807, 2.05) is 13.8 Å². The molecular weight excluding hydrogens is 582 g/mol. The van der Waals surface area contributed by atoms with Crippen LogP contribution in [0.15, 0.2) is 5.11 Å². The molecule has 3 aliphatic rings. The first-order valence-electron chi connectivity index (χ1n) is 14.1. The van der Waals surface area contributed by atoms with Gasteiger partial charge in [-0.05, 0) is 18.4 Å². The van der Waals surface area contributed by atoms with Crippen LogP contribution in [-0.2, 0) is 57.0 Å². The lowest BCUT2D eigenvalue weighted by atomic mass is 9.94. The summed E-state index contributed by atoms with van der Waals surface area (Å²) in [5, 5.41) is 3.75. The molecular formula is C26H40ClN3O12. The number of carbonyl (C=O) groups is 3. The molecule has 3 aliphatic heterocycles. The Balaban J connectivity index is 2.02. The molecule has 0 N–H and O–H groups in total. The molecule has 3 saturated heterocycles. The second-order valence-corrected chi connectivity index (χ2v) is 10.3. The Bertz CT molecular complexity index is 953. The van der Waals surface area contributed by atoms with Crippen molar-refractivity contribution < 1.29 is 57.0 Å². The van der Waals surface area contributed by atoms with Crippen molar-refractivity contribution in [2.24, 2.45) is 5.11 Å². The molecule has 0 aromatic rings. The third-order valence-electron chi connectivity index (χ3n) is 7.00. The predicted octanol–water partition coefficient (Wildman–Crippen LogP) is 2.55. The Morgan fingerprint density at radius 3 is 2.24 bits per heavy atom. The van der Waals surface area contributed by atoms with Crippen molar-refractivity contribution >= 4 is 29.5 Å². The molecule has 0 aliphatic carbocycles. The summed E-state index contributed by atoms with van der Waals surface area (Å²) in [5.74, 6) is -2.43. The van der Waals surface area contributed by atoms with Gasteiger partial charge in [-0.25, -0.2) is 0 Å². The number of carbonyl (C=O) groups excluding carboxylic acids is 3. The van der Waals surface area contributed by atoms with Crippen molar-refractivity contribution in [3.63, 3.8) is 0 Å². The van der Waals surface area contributed by atoms with Gasteiger partial charge in [0.25, 0.3) is 0 Å². The number of hydrogen-bond acceptors (Lipinski definition) is 13. The highest BCUT2D eigenvalue weighted by molar-refractivity contribution is 6.26. The maximum absolute atomic E-state index is 12.4. The van der Waals surface area contributed by atoms with Gasteiger partial charge in [0.15, 0.2) is 18.7 Å². The zero-order chi connectivity index (χ0) is 30.6. The van der Waals surface area contributed by atoms with Gasteiger partial charge in [0, 0.05) is 25.0 Å². The molecule has 0 aromatic carbocycles. The van der Waals surface area contributed by atoms with Crippen LogP contribution in [0.4, 0.5) is 0 Å². The van der Waals surface area contributed by atoms with E-state index in [2.05, 4.69) is 10.0 Å². The first-order chi connectivity index (χ1) is 20.3. The van der Waals surface area contributed by atoms with Crippen LogP contribution in [0.1, 0.15) is 52.9 Å². The molecule has 3 fully saturated rings. The first kappa shape index (κ1) is 34.3. The molecule has 0 amide bonds. The summed E-state index contributed by atoms with van der Waals surface area (Å²) < 4.78 is 52.8. The van der Waals surface area contributed by atoms with E-state index in [-0.39, 0.29) is 13.0 Å². The van der Waals surface area contributed by atoms with Gasteiger partial charge in [-0.1, -0.05) is 31.8 Å². The van der Waals surface area contributed by atoms with Gasteiger partial charge in [-0.3, -0.25) is 14.4 Å². The van der Waals surface area contributed by atoms with Crippen LogP contribution in [0.5, 0.6) is 0 Å². The van der Waals surface area contributed by atoms with Crippen LogP contribution in [0.3, 0.4) is 0 Å². The quantitative estimate of drug-likeness (QED) is 0.0467. The number of azide groups is 1. The molecule has 4 unspecified atom stereocenters. The number of rotatable bonds is 16. The van der Waals surface area contributed by atoms with Crippen molar-refractivity contribution in [1.82, 2.24) is 0 Å². The zero-order valence-electron chi connectivity index (χ0n) is 24.3. The van der Waals surface area contributed by atoms with Crippen molar-refractivity contribution in [2.45, 2.75) is 114 Å². The average molecular weight is 622 g/mol. The number of fused-ring (bicyclic) bond motifs is 2. The predicted molar refractivity (Wildman–Crippen MR) is 143 cm³/mol. The smallest absolute Gasteiger partial charge is 0.321 e. The summed E-state index contributed by atoms with van der Waals surface area (Å²) in [6, 6.07) is -1.05. The molecule has 3 heterocycles. The minimum atomic E-state index is -1.23. The minimum Gasteiger partial charge on any atom is -0.469 e. The molecule has 3 rings (SSSR count). The van der Waals surface area contributed by atoms with E-state index in [0.29, 0.717) is 26.1 Å². The second-order valence-electron chi connectivity index (χ2n) is 10.0. The summed E-state index contributed by atoms with van der Waals surface area (Å²) >= 11 is 5.75. The van der Waals surface area contributed by atoms with Crippen molar-refractivity contribution in [3.8, 4) is 0 Å². The number of halogens is 1. The van der Waals surface area contributed by atoms with Crippen LogP contribution in [-0.4, -0.2) is 112 Å². The molecule has 42 heavy (non-hydrogen) atoms. The van der Waals surface area contributed by atoms with Crippen molar-refractivity contribution in [3.05, 3.63) is 10.4 Å². The van der Waals surface area contributed by atoms with E-state index in [1.54, 1.807) is 0 Å². The lowest BCUT2D eigenvalue weighted by molar-refractivity contribution is -0.340.